The van der Waals surface area contributed by atoms with E-state index in [1.165, 1.54) is 0 Å². The molecule has 0 aliphatic heterocycles. The van der Waals surface area contributed by atoms with E-state index in [1.54, 1.807) is 0 Å². The monoisotopic (exact) mass is 265 g/mol. The van der Waals surface area contributed by atoms with Crippen molar-refractivity contribution < 1.29 is 9.53 Å². The average molecular weight is 265 g/mol. The lowest BCUT2D eigenvalue weighted by Gasteiger charge is -2.20. The van der Waals surface area contributed by atoms with Gasteiger partial charge in [0.05, 0.1) is 0 Å². The summed E-state index contributed by atoms with van der Waals surface area (Å²) in [4.78, 5) is 15.7. The molecule has 5 heteroatoms. The molecule has 1 unspecified atom stereocenters. The number of rotatable bonds is 4. The van der Waals surface area contributed by atoms with Gasteiger partial charge in [-0.15, -0.1) is 0 Å². The number of pyridine rings is 1. The first-order valence-corrected chi connectivity index (χ1v) is 6.40. The van der Waals surface area contributed by atoms with E-state index >= 15 is 0 Å². The van der Waals surface area contributed by atoms with E-state index in [9.17, 15) is 4.79 Å². The molecule has 0 saturated heterocycles. The zero-order valence-corrected chi connectivity index (χ0v) is 12.1. The second-order valence-electron chi connectivity index (χ2n) is 5.65. The first-order valence-electron chi connectivity index (χ1n) is 6.40. The Kier molecular flexibility index (Phi) is 5.30. The number of ether oxygens (including phenoxy) is 1. The van der Waals surface area contributed by atoms with Crippen LogP contribution in [-0.2, 0) is 11.2 Å². The van der Waals surface area contributed by atoms with E-state index in [0.29, 0.717) is 13.0 Å². The first-order chi connectivity index (χ1) is 8.76. The number of hydrogen-bond donors (Lipinski definition) is 2. The van der Waals surface area contributed by atoms with Gasteiger partial charge in [-0.25, -0.2) is 4.79 Å². The minimum absolute atomic E-state index is 0.156. The van der Waals surface area contributed by atoms with Crippen LogP contribution in [0.25, 0.3) is 0 Å². The molecule has 1 aromatic rings. The summed E-state index contributed by atoms with van der Waals surface area (Å²) in [7, 11) is 0. The Bertz CT molecular complexity index is 410. The van der Waals surface area contributed by atoms with Gasteiger partial charge in [0.15, 0.2) is 0 Å². The Hall–Kier alpha value is -1.62. The van der Waals surface area contributed by atoms with Crippen LogP contribution in [0.2, 0.25) is 0 Å². The maximum absolute atomic E-state index is 11.5. The fraction of sp³-hybridized carbons (Fsp3) is 0.571. The van der Waals surface area contributed by atoms with Crippen molar-refractivity contribution in [3.05, 3.63) is 29.6 Å². The number of alkyl carbamates (subject to hydrolysis) is 1. The van der Waals surface area contributed by atoms with Crippen LogP contribution >= 0.6 is 0 Å². The van der Waals surface area contributed by atoms with Crippen molar-refractivity contribution in [2.75, 3.05) is 6.54 Å². The Labute approximate surface area is 114 Å². The smallest absolute Gasteiger partial charge is 0.407 e. The Balaban J connectivity index is 2.33. The summed E-state index contributed by atoms with van der Waals surface area (Å²) < 4.78 is 5.14. The van der Waals surface area contributed by atoms with Gasteiger partial charge < -0.3 is 15.8 Å². The van der Waals surface area contributed by atoms with Crippen molar-refractivity contribution in [3.8, 4) is 0 Å². The van der Waals surface area contributed by atoms with Gasteiger partial charge in [-0.05, 0) is 45.7 Å². The minimum Gasteiger partial charge on any atom is -0.444 e. The lowest BCUT2D eigenvalue weighted by molar-refractivity contribution is 0.0524. The molecule has 106 valence electrons. The molecule has 0 spiro atoms. The maximum Gasteiger partial charge on any atom is 0.407 e. The highest BCUT2D eigenvalue weighted by molar-refractivity contribution is 5.67. The molecule has 1 rings (SSSR count). The molecule has 0 aliphatic rings. The van der Waals surface area contributed by atoms with Gasteiger partial charge in [-0.1, -0.05) is 6.07 Å². The molecular formula is C14H23N3O2. The van der Waals surface area contributed by atoms with E-state index in [-0.39, 0.29) is 6.04 Å². The first kappa shape index (κ1) is 15.4. The molecule has 5 nitrogen and oxygen atoms in total. The van der Waals surface area contributed by atoms with Crippen LogP contribution in [0, 0.1) is 6.92 Å². The molecule has 0 fully saturated rings. The Morgan fingerprint density at radius 2 is 2.16 bits per heavy atom. The molecule has 0 aliphatic carbocycles. The summed E-state index contributed by atoms with van der Waals surface area (Å²) in [6, 6.07) is 3.79. The molecule has 19 heavy (non-hydrogen) atoms. The third-order valence-corrected chi connectivity index (χ3v) is 2.38. The average Bonchev–Trinajstić information content (AvgIpc) is 2.27. The zero-order chi connectivity index (χ0) is 14.5. The van der Waals surface area contributed by atoms with Gasteiger partial charge in [-0.3, -0.25) is 4.98 Å². The topological polar surface area (TPSA) is 77.2 Å². The predicted octanol–water partition coefficient (Wildman–Crippen LogP) is 1.78. The quantitative estimate of drug-likeness (QED) is 0.870. The summed E-state index contributed by atoms with van der Waals surface area (Å²) in [5.41, 5.74) is 7.50. The van der Waals surface area contributed by atoms with Crippen molar-refractivity contribution in [3.63, 3.8) is 0 Å². The SMILES string of the molecule is Cc1ccc(CC(N)CNC(=O)OC(C)(C)C)cn1. The number of nitrogens with zero attached hydrogens (tertiary/aromatic N) is 1. The van der Waals surface area contributed by atoms with E-state index in [4.69, 9.17) is 10.5 Å². The van der Waals surface area contributed by atoms with Crippen LogP contribution < -0.4 is 11.1 Å². The molecule has 0 radical (unpaired) electrons. The van der Waals surface area contributed by atoms with E-state index in [0.717, 1.165) is 11.3 Å². The second kappa shape index (κ2) is 6.52. The van der Waals surface area contributed by atoms with Gasteiger partial charge in [-0.2, -0.15) is 0 Å². The highest BCUT2D eigenvalue weighted by atomic mass is 16.6. The highest BCUT2D eigenvalue weighted by Crippen LogP contribution is 2.06. The standard InChI is InChI=1S/C14H23N3O2/c1-10-5-6-11(8-16-10)7-12(15)9-17-13(18)19-14(2,3)4/h5-6,8,12H,7,9,15H2,1-4H3,(H,17,18). The van der Waals surface area contributed by atoms with Gasteiger partial charge >= 0.3 is 6.09 Å². The van der Waals surface area contributed by atoms with E-state index in [2.05, 4.69) is 10.3 Å². The Morgan fingerprint density at radius 3 is 2.68 bits per heavy atom. The van der Waals surface area contributed by atoms with E-state index in [1.807, 2.05) is 46.0 Å². The molecule has 0 saturated carbocycles. The van der Waals surface area contributed by atoms with Crippen LogP contribution in [0.1, 0.15) is 32.0 Å². The third kappa shape index (κ3) is 6.76. The number of aromatic nitrogens is 1. The summed E-state index contributed by atoms with van der Waals surface area (Å²) >= 11 is 0. The van der Waals surface area contributed by atoms with Crippen molar-refractivity contribution in [2.24, 2.45) is 5.73 Å². The molecule has 3 N–H and O–H groups in total. The molecule has 0 bridgehead atoms. The largest absolute Gasteiger partial charge is 0.444 e. The second-order valence-corrected chi connectivity index (χ2v) is 5.65. The van der Waals surface area contributed by atoms with E-state index < -0.39 is 11.7 Å². The predicted molar refractivity (Wildman–Crippen MR) is 74.9 cm³/mol. The third-order valence-electron chi connectivity index (χ3n) is 2.38. The number of nitrogens with one attached hydrogen (secondary N) is 1. The number of carbonyl (C=O) groups is 1. The number of nitrogens with two attached hydrogens (primary N) is 1. The number of hydrogen-bond acceptors (Lipinski definition) is 4. The lowest BCUT2D eigenvalue weighted by Crippen LogP contribution is -2.41. The number of aryl methyl sites for hydroxylation is 1. The molecular weight excluding hydrogens is 242 g/mol. The molecule has 1 heterocycles. The van der Waals surface area contributed by atoms with Gasteiger partial charge in [0.1, 0.15) is 5.60 Å². The maximum atomic E-state index is 11.5. The van der Waals surface area contributed by atoms with Crippen LogP contribution in [-0.4, -0.2) is 29.3 Å². The summed E-state index contributed by atoms with van der Waals surface area (Å²) in [5.74, 6) is 0. The fourth-order valence-corrected chi connectivity index (χ4v) is 1.52. The van der Waals surface area contributed by atoms with Gasteiger partial charge in [0.25, 0.3) is 0 Å². The lowest BCUT2D eigenvalue weighted by atomic mass is 10.1. The zero-order valence-electron chi connectivity index (χ0n) is 12.1. The van der Waals surface area contributed by atoms with Crippen molar-refractivity contribution in [2.45, 2.75) is 45.8 Å². The summed E-state index contributed by atoms with van der Waals surface area (Å²) in [5, 5.41) is 2.66. The number of amides is 1. The fourth-order valence-electron chi connectivity index (χ4n) is 1.52. The van der Waals surface area contributed by atoms with Gasteiger partial charge in [0, 0.05) is 24.5 Å². The summed E-state index contributed by atoms with van der Waals surface area (Å²) in [6.07, 6.45) is 2.04. The highest BCUT2D eigenvalue weighted by Gasteiger charge is 2.16. The van der Waals surface area contributed by atoms with Crippen molar-refractivity contribution >= 4 is 6.09 Å². The minimum atomic E-state index is -0.491. The normalized spacial score (nSPS) is 12.9. The van der Waals surface area contributed by atoms with Crippen molar-refractivity contribution in [1.29, 1.82) is 0 Å². The molecule has 1 aromatic heterocycles. The van der Waals surface area contributed by atoms with Crippen LogP contribution in [0.4, 0.5) is 4.79 Å². The number of carbonyl (C=O) groups excluding carboxylic acids is 1. The molecule has 0 aromatic carbocycles. The molecule has 1 atom stereocenters. The van der Waals surface area contributed by atoms with Crippen LogP contribution in [0.15, 0.2) is 18.3 Å². The summed E-state index contributed by atoms with van der Waals surface area (Å²) in [6.45, 7) is 7.79. The van der Waals surface area contributed by atoms with Crippen molar-refractivity contribution in [1.82, 2.24) is 10.3 Å². The Morgan fingerprint density at radius 1 is 1.47 bits per heavy atom. The van der Waals surface area contributed by atoms with Crippen LogP contribution in [0.5, 0.6) is 0 Å². The molecule has 1 amide bonds. The van der Waals surface area contributed by atoms with Gasteiger partial charge in [0.2, 0.25) is 0 Å². The van der Waals surface area contributed by atoms with Crippen LogP contribution in [0.3, 0.4) is 0 Å².